The molecule has 18 heavy (non-hydrogen) atoms. The summed E-state index contributed by atoms with van der Waals surface area (Å²) in [5.74, 6) is -0.475. The van der Waals surface area contributed by atoms with Crippen LogP contribution in [-0.2, 0) is 19.6 Å². The fourth-order valence-corrected chi connectivity index (χ4v) is 2.86. The molecule has 0 aliphatic heterocycles. The zero-order valence-corrected chi connectivity index (χ0v) is 12.0. The van der Waals surface area contributed by atoms with E-state index in [2.05, 4.69) is 9.46 Å². The molecule has 0 amide bonds. The van der Waals surface area contributed by atoms with Gasteiger partial charge in [-0.25, -0.2) is 13.1 Å². The molecule has 6 nitrogen and oxygen atoms in total. The fraction of sp³-hybridized carbons (Fsp3) is 0.909. The van der Waals surface area contributed by atoms with E-state index in [1.54, 1.807) is 0 Å². The molecule has 0 spiro atoms. The summed E-state index contributed by atoms with van der Waals surface area (Å²) in [5, 5.41) is 0. The number of carbonyl (C=O) groups excluding carboxylic acids is 1. The Hall–Kier alpha value is -0.660. The first-order valence-corrected chi connectivity index (χ1v) is 7.87. The molecule has 7 heteroatoms. The number of ether oxygens (including phenoxy) is 1. The minimum atomic E-state index is -3.36. The van der Waals surface area contributed by atoms with Gasteiger partial charge in [-0.15, -0.1) is 0 Å². The van der Waals surface area contributed by atoms with Crippen LogP contribution in [0.25, 0.3) is 0 Å². The van der Waals surface area contributed by atoms with Crippen LogP contribution in [0.15, 0.2) is 0 Å². The van der Waals surface area contributed by atoms with Crippen LogP contribution in [0.4, 0.5) is 0 Å². The molecule has 0 bridgehead atoms. The lowest BCUT2D eigenvalue weighted by Crippen LogP contribution is -2.41. The average Bonchev–Trinajstić information content (AvgIpc) is 2.33. The van der Waals surface area contributed by atoms with Crippen molar-refractivity contribution in [3.63, 3.8) is 0 Å². The summed E-state index contributed by atoms with van der Waals surface area (Å²) >= 11 is 0. The molecule has 0 aromatic rings. The van der Waals surface area contributed by atoms with E-state index >= 15 is 0 Å². The number of nitrogens with one attached hydrogen (secondary N) is 1. The second kappa shape index (κ2) is 9.29. The number of sulfonamides is 1. The third-order valence-corrected chi connectivity index (χ3v) is 4.08. The van der Waals surface area contributed by atoms with Gasteiger partial charge in [0.25, 0.3) is 0 Å². The number of rotatable bonds is 10. The number of hydrogen-bond donors (Lipinski definition) is 2. The summed E-state index contributed by atoms with van der Waals surface area (Å²) in [5.41, 5.74) is 5.52. The summed E-state index contributed by atoms with van der Waals surface area (Å²) < 4.78 is 30.4. The Kier molecular flexibility index (Phi) is 8.95. The van der Waals surface area contributed by atoms with E-state index in [-0.39, 0.29) is 31.2 Å². The molecule has 0 saturated carbocycles. The Labute approximate surface area is 109 Å². The molecule has 0 aliphatic carbocycles. The van der Waals surface area contributed by atoms with Crippen LogP contribution in [0.3, 0.4) is 0 Å². The maximum absolute atomic E-state index is 11.7. The van der Waals surface area contributed by atoms with Crippen LogP contribution in [0.5, 0.6) is 0 Å². The van der Waals surface area contributed by atoms with E-state index in [0.717, 1.165) is 19.3 Å². The van der Waals surface area contributed by atoms with Crippen molar-refractivity contribution in [2.24, 2.45) is 5.73 Å². The normalized spacial score (nSPS) is 13.3. The quantitative estimate of drug-likeness (QED) is 0.564. The standard InChI is InChI=1S/C11H24N2O4S/c1-3-4-6-10(9-12)13-18(15,16)8-5-7-11(14)17-2/h10,13H,3-9,12H2,1-2H3. The van der Waals surface area contributed by atoms with E-state index in [1.807, 2.05) is 6.92 Å². The molecule has 108 valence electrons. The fourth-order valence-electron chi connectivity index (χ4n) is 1.50. The molecule has 0 aliphatic rings. The van der Waals surface area contributed by atoms with Crippen molar-refractivity contribution >= 4 is 16.0 Å². The topological polar surface area (TPSA) is 98.5 Å². The Morgan fingerprint density at radius 3 is 2.56 bits per heavy atom. The maximum atomic E-state index is 11.7. The van der Waals surface area contributed by atoms with Crippen molar-refractivity contribution in [2.75, 3.05) is 19.4 Å². The highest BCUT2D eigenvalue weighted by molar-refractivity contribution is 7.89. The first-order chi connectivity index (χ1) is 8.45. The average molecular weight is 280 g/mol. The zero-order chi connectivity index (χ0) is 14.0. The summed E-state index contributed by atoms with van der Waals surface area (Å²) in [6.45, 7) is 2.33. The van der Waals surface area contributed by atoms with Crippen molar-refractivity contribution in [1.82, 2.24) is 4.72 Å². The molecular formula is C11H24N2O4S. The molecule has 0 rings (SSSR count). The van der Waals surface area contributed by atoms with Gasteiger partial charge in [0.1, 0.15) is 0 Å². The number of hydrogen-bond acceptors (Lipinski definition) is 5. The third-order valence-electron chi connectivity index (χ3n) is 2.56. The molecule has 0 saturated heterocycles. The first kappa shape index (κ1) is 17.3. The van der Waals surface area contributed by atoms with Gasteiger partial charge in [0.05, 0.1) is 12.9 Å². The van der Waals surface area contributed by atoms with Gasteiger partial charge in [-0.2, -0.15) is 0 Å². The Morgan fingerprint density at radius 1 is 1.39 bits per heavy atom. The van der Waals surface area contributed by atoms with Gasteiger partial charge in [-0.1, -0.05) is 19.8 Å². The second-order valence-corrected chi connectivity index (χ2v) is 6.06. The van der Waals surface area contributed by atoms with Crippen LogP contribution in [0.1, 0.15) is 39.0 Å². The number of unbranched alkanes of at least 4 members (excludes halogenated alkanes) is 1. The maximum Gasteiger partial charge on any atom is 0.305 e. The van der Waals surface area contributed by atoms with Gasteiger partial charge in [0.2, 0.25) is 10.0 Å². The molecule has 0 heterocycles. The number of esters is 1. The molecule has 3 N–H and O–H groups in total. The SMILES string of the molecule is CCCCC(CN)NS(=O)(=O)CCCC(=O)OC. The summed E-state index contributed by atoms with van der Waals surface area (Å²) in [4.78, 5) is 10.9. The van der Waals surface area contributed by atoms with Crippen LogP contribution in [0.2, 0.25) is 0 Å². The highest BCUT2D eigenvalue weighted by Gasteiger charge is 2.16. The number of carbonyl (C=O) groups is 1. The minimum Gasteiger partial charge on any atom is -0.469 e. The highest BCUT2D eigenvalue weighted by Crippen LogP contribution is 2.03. The van der Waals surface area contributed by atoms with Crippen LogP contribution in [-0.4, -0.2) is 39.8 Å². The van der Waals surface area contributed by atoms with Gasteiger partial charge < -0.3 is 10.5 Å². The largest absolute Gasteiger partial charge is 0.469 e. The first-order valence-electron chi connectivity index (χ1n) is 6.22. The van der Waals surface area contributed by atoms with Crippen molar-refractivity contribution in [3.05, 3.63) is 0 Å². The van der Waals surface area contributed by atoms with E-state index in [9.17, 15) is 13.2 Å². The molecule has 0 fully saturated rings. The van der Waals surface area contributed by atoms with Gasteiger partial charge >= 0.3 is 5.97 Å². The number of methoxy groups -OCH3 is 1. The Morgan fingerprint density at radius 2 is 2.06 bits per heavy atom. The molecule has 1 atom stereocenters. The predicted octanol–water partition coefficient (Wildman–Crippen LogP) is 0.377. The minimum absolute atomic E-state index is 0.0786. The molecule has 0 radical (unpaired) electrons. The van der Waals surface area contributed by atoms with E-state index in [4.69, 9.17) is 5.73 Å². The molecule has 0 aromatic heterocycles. The van der Waals surface area contributed by atoms with Gasteiger partial charge in [0, 0.05) is 19.0 Å². The Balaban J connectivity index is 4.07. The van der Waals surface area contributed by atoms with E-state index < -0.39 is 16.0 Å². The molecule has 1 unspecified atom stereocenters. The predicted molar refractivity (Wildman–Crippen MR) is 70.5 cm³/mol. The van der Waals surface area contributed by atoms with Crippen molar-refractivity contribution in [1.29, 1.82) is 0 Å². The number of nitrogens with two attached hydrogens (primary N) is 1. The summed E-state index contributed by atoms with van der Waals surface area (Å²) in [6, 6.07) is -0.215. The smallest absolute Gasteiger partial charge is 0.305 e. The lowest BCUT2D eigenvalue weighted by molar-refractivity contribution is -0.140. The van der Waals surface area contributed by atoms with Crippen LogP contribution in [0, 0.1) is 0 Å². The third kappa shape index (κ3) is 8.43. The molecule has 0 aromatic carbocycles. The summed E-state index contributed by atoms with van der Waals surface area (Å²) in [7, 11) is -2.08. The lowest BCUT2D eigenvalue weighted by Gasteiger charge is -2.16. The van der Waals surface area contributed by atoms with Gasteiger partial charge in [-0.05, 0) is 12.8 Å². The zero-order valence-electron chi connectivity index (χ0n) is 11.1. The highest BCUT2D eigenvalue weighted by atomic mass is 32.2. The van der Waals surface area contributed by atoms with E-state index in [0.29, 0.717) is 0 Å². The monoisotopic (exact) mass is 280 g/mol. The van der Waals surface area contributed by atoms with Crippen molar-refractivity contribution in [2.45, 2.75) is 45.1 Å². The van der Waals surface area contributed by atoms with Gasteiger partial charge in [-0.3, -0.25) is 4.79 Å². The van der Waals surface area contributed by atoms with Crippen molar-refractivity contribution < 1.29 is 17.9 Å². The Bertz CT molecular complexity index is 330. The van der Waals surface area contributed by atoms with Crippen LogP contribution >= 0.6 is 0 Å². The second-order valence-electron chi connectivity index (χ2n) is 4.19. The van der Waals surface area contributed by atoms with Gasteiger partial charge in [0.15, 0.2) is 0 Å². The molecular weight excluding hydrogens is 256 g/mol. The van der Waals surface area contributed by atoms with E-state index in [1.165, 1.54) is 7.11 Å². The lowest BCUT2D eigenvalue weighted by atomic mass is 10.1. The van der Waals surface area contributed by atoms with Crippen LogP contribution < -0.4 is 10.5 Å². The summed E-state index contributed by atoms with van der Waals surface area (Å²) in [6.07, 6.45) is 3.04. The van der Waals surface area contributed by atoms with Crippen molar-refractivity contribution in [3.8, 4) is 0 Å².